The number of unbranched alkanes of at least 4 members (excludes halogenated alkanes) is 1. The van der Waals surface area contributed by atoms with Gasteiger partial charge in [0.15, 0.2) is 11.6 Å². The van der Waals surface area contributed by atoms with Crippen LogP contribution < -0.4 is 4.72 Å². The van der Waals surface area contributed by atoms with Crippen molar-refractivity contribution in [2.45, 2.75) is 51.0 Å². The largest absolute Gasteiger partial charge is 0.295 e. The minimum absolute atomic E-state index is 0.118. The second kappa shape index (κ2) is 8.74. The van der Waals surface area contributed by atoms with Crippen LogP contribution in [0.4, 0.5) is 0 Å². The average Bonchev–Trinajstić information content (AvgIpc) is 2.49. The molecule has 1 atom stereocenters. The Morgan fingerprint density at radius 1 is 1.17 bits per heavy atom. The van der Waals surface area contributed by atoms with Gasteiger partial charge in [0.1, 0.15) is 0 Å². The smallest absolute Gasteiger partial charge is 0.241 e. The fraction of sp³-hybridized carbons (Fsp3) is 0.412. The van der Waals surface area contributed by atoms with Gasteiger partial charge in [0.05, 0.1) is 10.9 Å². The fourth-order valence-electron chi connectivity index (χ4n) is 1.96. The van der Waals surface area contributed by atoms with Crippen LogP contribution in [0.5, 0.6) is 0 Å². The molecule has 1 aromatic carbocycles. The second-order valence-corrected chi connectivity index (χ2v) is 7.19. The third kappa shape index (κ3) is 6.46. The molecule has 0 bridgehead atoms. The van der Waals surface area contributed by atoms with Gasteiger partial charge in [-0.1, -0.05) is 37.5 Å². The molecule has 0 spiro atoms. The third-order valence-electron chi connectivity index (χ3n) is 3.30. The first-order valence-electron chi connectivity index (χ1n) is 7.57. The molecule has 0 heterocycles. The number of rotatable bonds is 9. The minimum Gasteiger partial charge on any atom is -0.295 e. The SMILES string of the molecule is CCCCC(NS(=O)(=O)c1ccc(C)cc1)C(=O)/C=C\C(C)=O. The van der Waals surface area contributed by atoms with E-state index in [-0.39, 0.29) is 10.7 Å². The summed E-state index contributed by atoms with van der Waals surface area (Å²) in [5, 5.41) is 0. The molecule has 0 aromatic heterocycles. The number of aryl methyl sites for hydroxylation is 1. The van der Waals surface area contributed by atoms with E-state index in [9.17, 15) is 18.0 Å². The molecule has 126 valence electrons. The van der Waals surface area contributed by atoms with Crippen LogP contribution in [-0.2, 0) is 19.6 Å². The molecule has 23 heavy (non-hydrogen) atoms. The van der Waals surface area contributed by atoms with E-state index in [1.165, 1.54) is 19.1 Å². The van der Waals surface area contributed by atoms with Crippen LogP contribution in [0.15, 0.2) is 41.3 Å². The Kier molecular flexibility index (Phi) is 7.32. The van der Waals surface area contributed by atoms with Crippen molar-refractivity contribution in [1.82, 2.24) is 4.72 Å². The van der Waals surface area contributed by atoms with E-state index in [1.807, 2.05) is 13.8 Å². The number of allylic oxidation sites excluding steroid dienone is 1. The molecule has 0 saturated heterocycles. The van der Waals surface area contributed by atoms with E-state index in [4.69, 9.17) is 0 Å². The molecule has 1 aromatic rings. The number of carbonyl (C=O) groups excluding carboxylic acids is 2. The molecule has 0 aliphatic heterocycles. The van der Waals surface area contributed by atoms with Crippen molar-refractivity contribution < 1.29 is 18.0 Å². The highest BCUT2D eigenvalue weighted by molar-refractivity contribution is 7.89. The van der Waals surface area contributed by atoms with Crippen molar-refractivity contribution in [3.63, 3.8) is 0 Å². The number of sulfonamides is 1. The van der Waals surface area contributed by atoms with Gasteiger partial charge in [-0.25, -0.2) is 13.1 Å². The van der Waals surface area contributed by atoms with Gasteiger partial charge in [-0.2, -0.15) is 0 Å². The Bertz CT molecular complexity index is 675. The summed E-state index contributed by atoms with van der Waals surface area (Å²) >= 11 is 0. The first-order chi connectivity index (χ1) is 10.8. The zero-order valence-corrected chi connectivity index (χ0v) is 14.5. The summed E-state index contributed by atoms with van der Waals surface area (Å²) in [6, 6.07) is 5.55. The van der Waals surface area contributed by atoms with Gasteiger partial charge in [-0.3, -0.25) is 9.59 Å². The number of nitrogens with one attached hydrogen (secondary N) is 1. The molecular formula is C17H23NO4S. The number of hydrogen-bond donors (Lipinski definition) is 1. The van der Waals surface area contributed by atoms with Crippen LogP contribution in [0, 0.1) is 6.92 Å². The van der Waals surface area contributed by atoms with E-state index >= 15 is 0 Å². The fourth-order valence-corrected chi connectivity index (χ4v) is 3.19. The first-order valence-corrected chi connectivity index (χ1v) is 9.06. The molecule has 1 unspecified atom stereocenters. The molecule has 5 nitrogen and oxygen atoms in total. The number of benzene rings is 1. The quantitative estimate of drug-likeness (QED) is 0.702. The van der Waals surface area contributed by atoms with Crippen molar-refractivity contribution in [2.24, 2.45) is 0 Å². The van der Waals surface area contributed by atoms with Crippen molar-refractivity contribution >= 4 is 21.6 Å². The predicted molar refractivity (Wildman–Crippen MR) is 89.6 cm³/mol. The van der Waals surface area contributed by atoms with Gasteiger partial charge in [0.2, 0.25) is 10.0 Å². The van der Waals surface area contributed by atoms with Crippen LogP contribution in [0.25, 0.3) is 0 Å². The van der Waals surface area contributed by atoms with Gasteiger partial charge in [0, 0.05) is 0 Å². The lowest BCUT2D eigenvalue weighted by atomic mass is 10.1. The Morgan fingerprint density at radius 2 is 1.78 bits per heavy atom. The highest BCUT2D eigenvalue weighted by Crippen LogP contribution is 2.13. The van der Waals surface area contributed by atoms with E-state index in [0.717, 1.165) is 24.1 Å². The monoisotopic (exact) mass is 337 g/mol. The molecule has 0 radical (unpaired) electrons. The lowest BCUT2D eigenvalue weighted by molar-refractivity contribution is -0.117. The van der Waals surface area contributed by atoms with Crippen molar-refractivity contribution in [1.29, 1.82) is 0 Å². The van der Waals surface area contributed by atoms with Crippen molar-refractivity contribution in [2.75, 3.05) is 0 Å². The number of hydrogen-bond acceptors (Lipinski definition) is 4. The highest BCUT2D eigenvalue weighted by atomic mass is 32.2. The van der Waals surface area contributed by atoms with Crippen LogP contribution in [0.1, 0.15) is 38.7 Å². The normalized spacial score (nSPS) is 13.2. The number of ketones is 2. The van der Waals surface area contributed by atoms with Crippen molar-refractivity contribution in [3.05, 3.63) is 42.0 Å². The summed E-state index contributed by atoms with van der Waals surface area (Å²) in [5.74, 6) is -0.668. The van der Waals surface area contributed by atoms with E-state index in [2.05, 4.69) is 4.72 Å². The molecule has 0 fully saturated rings. The van der Waals surface area contributed by atoms with Gasteiger partial charge < -0.3 is 0 Å². The standard InChI is InChI=1S/C17H23NO4S/c1-4-5-6-16(17(20)12-9-14(3)19)18-23(21,22)15-10-7-13(2)8-11-15/h7-12,16,18H,4-6H2,1-3H3/b12-9-. The Labute approximate surface area is 137 Å². The topological polar surface area (TPSA) is 80.3 Å². The van der Waals surface area contributed by atoms with Gasteiger partial charge in [-0.15, -0.1) is 0 Å². The molecule has 1 rings (SSSR count). The molecular weight excluding hydrogens is 314 g/mol. The second-order valence-electron chi connectivity index (χ2n) is 5.48. The summed E-state index contributed by atoms with van der Waals surface area (Å²) in [6.45, 7) is 5.16. The molecule has 0 amide bonds. The van der Waals surface area contributed by atoms with Crippen LogP contribution >= 0.6 is 0 Å². The minimum atomic E-state index is -3.78. The van der Waals surface area contributed by atoms with Crippen molar-refractivity contribution in [3.8, 4) is 0 Å². The van der Waals surface area contributed by atoms with E-state index in [1.54, 1.807) is 12.1 Å². The van der Waals surface area contributed by atoms with E-state index < -0.39 is 21.8 Å². The zero-order chi connectivity index (χ0) is 17.5. The zero-order valence-electron chi connectivity index (χ0n) is 13.7. The van der Waals surface area contributed by atoms with Crippen LogP contribution in [0.3, 0.4) is 0 Å². The maximum atomic E-state index is 12.4. The Balaban J connectivity index is 2.97. The molecule has 6 heteroatoms. The maximum Gasteiger partial charge on any atom is 0.241 e. The summed E-state index contributed by atoms with van der Waals surface area (Å²) in [4.78, 5) is 23.2. The average molecular weight is 337 g/mol. The predicted octanol–water partition coefficient (Wildman–Crippen LogP) is 2.55. The maximum absolute atomic E-state index is 12.4. The van der Waals surface area contributed by atoms with Gasteiger partial charge in [-0.05, 0) is 44.6 Å². The lowest BCUT2D eigenvalue weighted by Crippen LogP contribution is -2.40. The highest BCUT2D eigenvalue weighted by Gasteiger charge is 2.23. The van der Waals surface area contributed by atoms with Crippen LogP contribution in [-0.4, -0.2) is 26.0 Å². The molecule has 0 aliphatic rings. The van der Waals surface area contributed by atoms with Gasteiger partial charge in [0.25, 0.3) is 0 Å². The van der Waals surface area contributed by atoms with Crippen LogP contribution in [0.2, 0.25) is 0 Å². The summed E-state index contributed by atoms with van der Waals surface area (Å²) in [6.07, 6.45) is 4.23. The van der Waals surface area contributed by atoms with Gasteiger partial charge >= 0.3 is 0 Å². The molecule has 0 aliphatic carbocycles. The summed E-state index contributed by atoms with van der Waals surface area (Å²) in [5.41, 5.74) is 0.951. The third-order valence-corrected chi connectivity index (χ3v) is 4.79. The first kappa shape index (κ1) is 19.3. The lowest BCUT2D eigenvalue weighted by Gasteiger charge is -2.16. The molecule has 0 saturated carbocycles. The number of carbonyl (C=O) groups is 2. The Hall–Kier alpha value is -1.79. The Morgan fingerprint density at radius 3 is 2.30 bits per heavy atom. The summed E-state index contributed by atoms with van der Waals surface area (Å²) < 4.78 is 27.3. The molecule has 1 N–H and O–H groups in total. The summed E-state index contributed by atoms with van der Waals surface area (Å²) in [7, 11) is -3.78. The van der Waals surface area contributed by atoms with E-state index in [0.29, 0.717) is 12.8 Å².